The number of likely N-dealkylation sites (tertiary alicyclic amines) is 1. The number of rotatable bonds is 4. The van der Waals surface area contributed by atoms with Crippen LogP contribution in [0.15, 0.2) is 0 Å². The summed E-state index contributed by atoms with van der Waals surface area (Å²) in [6, 6.07) is -0.507. The van der Waals surface area contributed by atoms with Crippen molar-refractivity contribution in [2.75, 3.05) is 19.8 Å². The second-order valence-corrected chi connectivity index (χ2v) is 7.48. The van der Waals surface area contributed by atoms with Gasteiger partial charge >= 0.3 is 6.09 Å². The summed E-state index contributed by atoms with van der Waals surface area (Å²) >= 11 is 0. The highest BCUT2D eigenvalue weighted by Gasteiger charge is 2.39. The summed E-state index contributed by atoms with van der Waals surface area (Å²) in [5, 5.41) is 0. The number of ether oxygens (including phenoxy) is 4. The Kier molecular flexibility index (Phi) is 5.33. The topological polar surface area (TPSA) is 74.3 Å². The van der Waals surface area contributed by atoms with Crippen molar-refractivity contribution in [1.82, 2.24) is 4.90 Å². The lowest BCUT2D eigenvalue weighted by molar-refractivity contribution is -0.147. The maximum Gasteiger partial charge on any atom is 0.410 e. The molecule has 0 aromatic rings. The molecule has 7 nitrogen and oxygen atoms in total. The largest absolute Gasteiger partial charge is 0.444 e. The summed E-state index contributed by atoms with van der Waals surface area (Å²) in [6.45, 7) is 10.3. The fraction of sp³-hybridized carbons (Fsp3) is 0.875. The Morgan fingerprint density at radius 2 is 2.09 bits per heavy atom. The number of nitrogens with zero attached hydrogens (tertiary/aromatic N) is 1. The molecule has 2 fully saturated rings. The molecule has 3 unspecified atom stereocenters. The molecule has 2 saturated heterocycles. The molecule has 0 radical (unpaired) electrons. The van der Waals surface area contributed by atoms with Gasteiger partial charge in [-0.3, -0.25) is 4.90 Å². The van der Waals surface area contributed by atoms with E-state index in [1.807, 2.05) is 13.8 Å². The van der Waals surface area contributed by atoms with Crippen LogP contribution in [0.25, 0.3) is 0 Å². The maximum absolute atomic E-state index is 12.2. The van der Waals surface area contributed by atoms with Crippen LogP contribution in [0, 0.1) is 0 Å². The van der Waals surface area contributed by atoms with Gasteiger partial charge in [-0.15, -0.1) is 0 Å². The molecule has 2 heterocycles. The molecular formula is C16H27NO6. The van der Waals surface area contributed by atoms with Gasteiger partial charge < -0.3 is 23.7 Å². The third kappa shape index (κ3) is 5.16. The van der Waals surface area contributed by atoms with Crippen molar-refractivity contribution in [3.05, 3.63) is 0 Å². The first-order valence-corrected chi connectivity index (χ1v) is 7.98. The van der Waals surface area contributed by atoms with Crippen LogP contribution in [-0.4, -0.2) is 66.7 Å². The lowest BCUT2D eigenvalue weighted by atomic mass is 10.2. The van der Waals surface area contributed by atoms with E-state index in [1.165, 1.54) is 4.90 Å². The number of carbonyl (C=O) groups excluding carboxylic acids is 2. The number of amides is 1. The molecule has 2 aliphatic rings. The van der Waals surface area contributed by atoms with Gasteiger partial charge in [0.1, 0.15) is 18.0 Å². The van der Waals surface area contributed by atoms with E-state index in [9.17, 15) is 9.59 Å². The van der Waals surface area contributed by atoms with Crippen molar-refractivity contribution in [1.29, 1.82) is 0 Å². The average Bonchev–Trinajstić information content (AvgIpc) is 2.97. The molecule has 0 spiro atoms. The van der Waals surface area contributed by atoms with Gasteiger partial charge in [-0.2, -0.15) is 0 Å². The van der Waals surface area contributed by atoms with Crippen LogP contribution in [-0.2, 0) is 23.7 Å². The Labute approximate surface area is 137 Å². The van der Waals surface area contributed by atoms with E-state index < -0.39 is 23.5 Å². The lowest BCUT2D eigenvalue weighted by Crippen LogP contribution is -2.41. The van der Waals surface area contributed by atoms with Crippen LogP contribution in [0.1, 0.15) is 41.0 Å². The smallest absolute Gasteiger partial charge is 0.410 e. The second kappa shape index (κ2) is 6.75. The summed E-state index contributed by atoms with van der Waals surface area (Å²) in [7, 11) is 0. The number of aldehydes is 1. The van der Waals surface area contributed by atoms with Gasteiger partial charge in [0, 0.05) is 6.42 Å². The van der Waals surface area contributed by atoms with Crippen LogP contribution in [0.5, 0.6) is 0 Å². The van der Waals surface area contributed by atoms with Crippen LogP contribution >= 0.6 is 0 Å². The predicted octanol–water partition coefficient (Wildman–Crippen LogP) is 1.73. The third-order valence-corrected chi connectivity index (χ3v) is 3.68. The van der Waals surface area contributed by atoms with Crippen molar-refractivity contribution in [3.8, 4) is 0 Å². The summed E-state index contributed by atoms with van der Waals surface area (Å²) in [6.07, 6.45) is 0.424. The molecule has 0 saturated carbocycles. The van der Waals surface area contributed by atoms with E-state index in [-0.39, 0.29) is 12.2 Å². The van der Waals surface area contributed by atoms with E-state index in [0.29, 0.717) is 26.2 Å². The lowest BCUT2D eigenvalue weighted by Gasteiger charge is -2.26. The summed E-state index contributed by atoms with van der Waals surface area (Å²) in [5.74, 6) is -0.586. The Morgan fingerprint density at radius 3 is 2.61 bits per heavy atom. The van der Waals surface area contributed by atoms with Gasteiger partial charge in [0.2, 0.25) is 0 Å². The Morgan fingerprint density at radius 1 is 1.39 bits per heavy atom. The number of hydrogen-bond donors (Lipinski definition) is 0. The van der Waals surface area contributed by atoms with Crippen molar-refractivity contribution < 1.29 is 28.5 Å². The van der Waals surface area contributed by atoms with Gasteiger partial charge in [-0.05, 0) is 34.6 Å². The molecule has 23 heavy (non-hydrogen) atoms. The fourth-order valence-electron chi connectivity index (χ4n) is 2.69. The zero-order valence-electron chi connectivity index (χ0n) is 14.5. The van der Waals surface area contributed by atoms with E-state index in [0.717, 1.165) is 6.29 Å². The molecule has 0 bridgehead atoms. The maximum atomic E-state index is 12.2. The first-order chi connectivity index (χ1) is 10.6. The highest BCUT2D eigenvalue weighted by molar-refractivity contribution is 5.74. The molecule has 0 aromatic heterocycles. The van der Waals surface area contributed by atoms with E-state index >= 15 is 0 Å². The Bertz CT molecular complexity index is 444. The minimum atomic E-state index is -0.593. The summed E-state index contributed by atoms with van der Waals surface area (Å²) in [4.78, 5) is 24.8. The van der Waals surface area contributed by atoms with E-state index in [4.69, 9.17) is 18.9 Å². The molecule has 3 atom stereocenters. The molecule has 2 aliphatic heterocycles. The molecule has 2 rings (SSSR count). The quantitative estimate of drug-likeness (QED) is 0.731. The minimum Gasteiger partial charge on any atom is -0.444 e. The monoisotopic (exact) mass is 329 g/mol. The molecule has 0 N–H and O–H groups in total. The van der Waals surface area contributed by atoms with E-state index in [2.05, 4.69) is 0 Å². The van der Waals surface area contributed by atoms with Gasteiger partial charge in [0.05, 0.1) is 31.9 Å². The second-order valence-electron chi connectivity index (χ2n) is 7.48. The van der Waals surface area contributed by atoms with Crippen LogP contribution in [0.3, 0.4) is 0 Å². The van der Waals surface area contributed by atoms with E-state index in [1.54, 1.807) is 20.8 Å². The first kappa shape index (κ1) is 18.2. The normalized spacial score (nSPS) is 30.5. The minimum absolute atomic E-state index is 0.129. The van der Waals surface area contributed by atoms with Crippen molar-refractivity contribution in [3.63, 3.8) is 0 Å². The highest BCUT2D eigenvalue weighted by Crippen LogP contribution is 2.25. The zero-order valence-corrected chi connectivity index (χ0v) is 14.5. The van der Waals surface area contributed by atoms with Gasteiger partial charge in [-0.1, -0.05) is 0 Å². The SMILES string of the molecule is CC(C)(C)OC(=O)N1CC(OCC2COC(C)(C)O2)CC1C=O. The van der Waals surface area contributed by atoms with Gasteiger partial charge in [0.25, 0.3) is 0 Å². The molecule has 7 heteroatoms. The summed E-state index contributed by atoms with van der Waals surface area (Å²) in [5.41, 5.74) is -0.593. The van der Waals surface area contributed by atoms with Crippen molar-refractivity contribution in [2.45, 2.75) is 70.7 Å². The molecule has 0 aromatic carbocycles. The van der Waals surface area contributed by atoms with Crippen LogP contribution in [0.2, 0.25) is 0 Å². The van der Waals surface area contributed by atoms with Crippen LogP contribution in [0.4, 0.5) is 4.79 Å². The van der Waals surface area contributed by atoms with Gasteiger partial charge in [0.15, 0.2) is 5.79 Å². The number of carbonyl (C=O) groups is 2. The fourth-order valence-corrected chi connectivity index (χ4v) is 2.69. The van der Waals surface area contributed by atoms with Crippen molar-refractivity contribution >= 4 is 12.4 Å². The third-order valence-electron chi connectivity index (χ3n) is 3.68. The standard InChI is InChI=1S/C16H27NO6/c1-15(2,3)23-14(19)17-7-12(6-11(17)8-18)20-9-13-10-21-16(4,5)22-13/h8,11-13H,6-7,9-10H2,1-5H3. The molecule has 132 valence electrons. The average molecular weight is 329 g/mol. The molecule has 0 aliphatic carbocycles. The molecular weight excluding hydrogens is 302 g/mol. The number of hydrogen-bond acceptors (Lipinski definition) is 6. The van der Waals surface area contributed by atoms with Crippen molar-refractivity contribution in [2.24, 2.45) is 0 Å². The zero-order chi connectivity index (χ0) is 17.3. The highest BCUT2D eigenvalue weighted by atomic mass is 16.7. The van der Waals surface area contributed by atoms with Gasteiger partial charge in [-0.25, -0.2) is 4.79 Å². The Hall–Kier alpha value is -1.18. The Balaban J connectivity index is 1.84. The summed E-state index contributed by atoms with van der Waals surface area (Å²) < 4.78 is 22.3. The van der Waals surface area contributed by atoms with Crippen LogP contribution < -0.4 is 0 Å². The molecule has 1 amide bonds. The predicted molar refractivity (Wildman–Crippen MR) is 82.1 cm³/mol. The first-order valence-electron chi connectivity index (χ1n) is 7.98.